The van der Waals surface area contributed by atoms with Gasteiger partial charge in [0.05, 0.1) is 13.2 Å². The minimum absolute atomic E-state index is 0.0480. The number of benzene rings is 1. The van der Waals surface area contributed by atoms with Gasteiger partial charge in [0.25, 0.3) is 0 Å². The van der Waals surface area contributed by atoms with Gasteiger partial charge in [-0.1, -0.05) is 0 Å². The maximum Gasteiger partial charge on any atom is 0.161 e. The molecule has 16 heavy (non-hydrogen) atoms. The standard InChI is InChI=1S/C11H12F3NO/c12-9-5-11(14)10(13)4-7(9)3-8-6-16-2-1-15-8/h4-5,8,15H,1-3,6H2. The predicted molar refractivity (Wildman–Crippen MR) is 52.6 cm³/mol. The zero-order chi connectivity index (χ0) is 11.5. The molecule has 2 rings (SSSR count). The smallest absolute Gasteiger partial charge is 0.161 e. The SMILES string of the molecule is Fc1cc(F)c(CC2COCCN2)cc1F. The normalized spacial score (nSPS) is 21.1. The minimum atomic E-state index is -1.16. The Morgan fingerprint density at radius 1 is 1.19 bits per heavy atom. The van der Waals surface area contributed by atoms with E-state index in [0.29, 0.717) is 32.2 Å². The van der Waals surface area contributed by atoms with Gasteiger partial charge in [0, 0.05) is 18.7 Å². The third-order valence-electron chi connectivity index (χ3n) is 2.55. The number of hydrogen-bond acceptors (Lipinski definition) is 2. The topological polar surface area (TPSA) is 21.3 Å². The van der Waals surface area contributed by atoms with E-state index in [1.807, 2.05) is 0 Å². The second-order valence-corrected chi connectivity index (χ2v) is 3.79. The molecule has 0 saturated carbocycles. The van der Waals surface area contributed by atoms with Crippen LogP contribution in [0, 0.1) is 17.5 Å². The van der Waals surface area contributed by atoms with E-state index >= 15 is 0 Å². The molecule has 0 amide bonds. The molecule has 1 fully saturated rings. The molecule has 1 aromatic carbocycles. The molecule has 1 aromatic rings. The average Bonchev–Trinajstić information content (AvgIpc) is 2.27. The fourth-order valence-corrected chi connectivity index (χ4v) is 1.74. The molecule has 1 saturated heterocycles. The molecular formula is C11H12F3NO. The van der Waals surface area contributed by atoms with E-state index in [1.54, 1.807) is 0 Å². The van der Waals surface area contributed by atoms with Crippen molar-refractivity contribution >= 4 is 0 Å². The first-order chi connectivity index (χ1) is 7.66. The van der Waals surface area contributed by atoms with Crippen molar-refractivity contribution in [3.63, 3.8) is 0 Å². The van der Waals surface area contributed by atoms with Crippen LogP contribution in [0.1, 0.15) is 5.56 Å². The van der Waals surface area contributed by atoms with E-state index in [-0.39, 0.29) is 11.6 Å². The molecule has 5 heteroatoms. The summed E-state index contributed by atoms with van der Waals surface area (Å²) >= 11 is 0. The number of ether oxygens (including phenoxy) is 1. The lowest BCUT2D eigenvalue weighted by Gasteiger charge is -2.23. The van der Waals surface area contributed by atoms with E-state index in [4.69, 9.17) is 4.74 Å². The highest BCUT2D eigenvalue weighted by Gasteiger charge is 2.17. The Bertz CT molecular complexity index is 378. The number of halogens is 3. The van der Waals surface area contributed by atoms with Gasteiger partial charge < -0.3 is 10.1 Å². The number of hydrogen-bond donors (Lipinski definition) is 1. The van der Waals surface area contributed by atoms with Crippen LogP contribution in [0.4, 0.5) is 13.2 Å². The van der Waals surface area contributed by atoms with Gasteiger partial charge in [-0.2, -0.15) is 0 Å². The molecule has 0 bridgehead atoms. The summed E-state index contributed by atoms with van der Waals surface area (Å²) in [6, 6.07) is 1.43. The maximum absolute atomic E-state index is 13.3. The summed E-state index contributed by atoms with van der Waals surface area (Å²) in [5, 5.41) is 3.12. The second kappa shape index (κ2) is 4.84. The number of morpholine rings is 1. The van der Waals surface area contributed by atoms with Crippen LogP contribution in [0.25, 0.3) is 0 Å². The summed E-state index contributed by atoms with van der Waals surface area (Å²) in [6.45, 7) is 1.77. The van der Waals surface area contributed by atoms with Crippen LogP contribution in [0.3, 0.4) is 0 Å². The number of rotatable bonds is 2. The van der Waals surface area contributed by atoms with Crippen molar-refractivity contribution in [1.29, 1.82) is 0 Å². The predicted octanol–water partition coefficient (Wildman–Crippen LogP) is 1.63. The van der Waals surface area contributed by atoms with Crippen molar-refractivity contribution in [2.75, 3.05) is 19.8 Å². The summed E-state index contributed by atoms with van der Waals surface area (Å²) < 4.78 is 44.1. The van der Waals surface area contributed by atoms with E-state index in [2.05, 4.69) is 5.32 Å². The molecule has 1 atom stereocenters. The van der Waals surface area contributed by atoms with Crippen LogP contribution in [0.2, 0.25) is 0 Å². The Morgan fingerprint density at radius 3 is 2.62 bits per heavy atom. The van der Waals surface area contributed by atoms with Crippen molar-refractivity contribution in [3.8, 4) is 0 Å². The summed E-state index contributed by atoms with van der Waals surface area (Å²) in [7, 11) is 0. The average molecular weight is 231 g/mol. The van der Waals surface area contributed by atoms with Crippen molar-refractivity contribution in [3.05, 3.63) is 35.1 Å². The minimum Gasteiger partial charge on any atom is -0.379 e. The van der Waals surface area contributed by atoms with Gasteiger partial charge in [0.15, 0.2) is 11.6 Å². The zero-order valence-corrected chi connectivity index (χ0v) is 8.60. The second-order valence-electron chi connectivity index (χ2n) is 3.79. The highest BCUT2D eigenvalue weighted by Crippen LogP contribution is 2.15. The summed E-state index contributed by atoms with van der Waals surface area (Å²) in [6.07, 6.45) is 0.295. The largest absolute Gasteiger partial charge is 0.379 e. The van der Waals surface area contributed by atoms with Gasteiger partial charge in [-0.05, 0) is 18.1 Å². The van der Waals surface area contributed by atoms with Crippen LogP contribution < -0.4 is 5.32 Å². The number of nitrogens with one attached hydrogen (secondary N) is 1. The van der Waals surface area contributed by atoms with E-state index in [1.165, 1.54) is 0 Å². The first-order valence-corrected chi connectivity index (χ1v) is 5.11. The van der Waals surface area contributed by atoms with Crippen LogP contribution >= 0.6 is 0 Å². The molecule has 1 unspecified atom stereocenters. The third-order valence-corrected chi connectivity index (χ3v) is 2.55. The van der Waals surface area contributed by atoms with Crippen molar-refractivity contribution in [2.45, 2.75) is 12.5 Å². The Labute approximate surface area is 91.4 Å². The molecule has 1 heterocycles. The Kier molecular flexibility index (Phi) is 3.46. The molecule has 88 valence electrons. The lowest BCUT2D eigenvalue weighted by Crippen LogP contribution is -2.42. The molecule has 0 aromatic heterocycles. The first kappa shape index (κ1) is 11.4. The molecule has 0 radical (unpaired) electrons. The summed E-state index contributed by atoms with van der Waals surface area (Å²) in [5.74, 6) is -2.89. The van der Waals surface area contributed by atoms with Gasteiger partial charge in [0.1, 0.15) is 5.82 Å². The quantitative estimate of drug-likeness (QED) is 0.781. The van der Waals surface area contributed by atoms with Gasteiger partial charge in [-0.25, -0.2) is 13.2 Å². The molecule has 0 aliphatic carbocycles. The Morgan fingerprint density at radius 2 is 1.94 bits per heavy atom. The molecular weight excluding hydrogens is 219 g/mol. The third kappa shape index (κ3) is 2.54. The Balaban J connectivity index is 2.11. The van der Waals surface area contributed by atoms with Crippen molar-refractivity contribution in [1.82, 2.24) is 5.32 Å². The van der Waals surface area contributed by atoms with E-state index in [9.17, 15) is 13.2 Å². The fourth-order valence-electron chi connectivity index (χ4n) is 1.74. The molecule has 1 aliphatic rings. The molecule has 1 N–H and O–H groups in total. The van der Waals surface area contributed by atoms with Crippen molar-refractivity contribution < 1.29 is 17.9 Å². The maximum atomic E-state index is 13.3. The van der Waals surface area contributed by atoms with Crippen LogP contribution in [-0.2, 0) is 11.2 Å². The van der Waals surface area contributed by atoms with E-state index < -0.39 is 17.5 Å². The van der Waals surface area contributed by atoms with Crippen LogP contribution in [0.15, 0.2) is 12.1 Å². The van der Waals surface area contributed by atoms with Crippen LogP contribution in [-0.4, -0.2) is 25.8 Å². The van der Waals surface area contributed by atoms with Gasteiger partial charge >= 0.3 is 0 Å². The zero-order valence-electron chi connectivity index (χ0n) is 8.60. The van der Waals surface area contributed by atoms with Gasteiger partial charge in [-0.15, -0.1) is 0 Å². The molecule has 1 aliphatic heterocycles. The fraction of sp³-hybridized carbons (Fsp3) is 0.455. The van der Waals surface area contributed by atoms with E-state index in [0.717, 1.165) is 6.07 Å². The highest BCUT2D eigenvalue weighted by atomic mass is 19.2. The molecule has 0 spiro atoms. The lowest BCUT2D eigenvalue weighted by molar-refractivity contribution is 0.0767. The summed E-state index contributed by atoms with van der Waals surface area (Å²) in [5.41, 5.74) is 0.168. The summed E-state index contributed by atoms with van der Waals surface area (Å²) in [4.78, 5) is 0. The first-order valence-electron chi connectivity index (χ1n) is 5.11. The Hall–Kier alpha value is -1.07. The molecule has 2 nitrogen and oxygen atoms in total. The van der Waals surface area contributed by atoms with Crippen LogP contribution in [0.5, 0.6) is 0 Å². The van der Waals surface area contributed by atoms with Gasteiger partial charge in [-0.3, -0.25) is 0 Å². The van der Waals surface area contributed by atoms with Gasteiger partial charge in [0.2, 0.25) is 0 Å². The highest BCUT2D eigenvalue weighted by molar-refractivity contribution is 5.21. The van der Waals surface area contributed by atoms with Crippen molar-refractivity contribution in [2.24, 2.45) is 0 Å². The lowest BCUT2D eigenvalue weighted by atomic mass is 10.0. The monoisotopic (exact) mass is 231 g/mol.